The SMILES string of the molecule is CCNC(C)CC(=O)Nc1ccc(C)cc1C. The second-order valence-electron chi connectivity index (χ2n) is 4.53. The highest BCUT2D eigenvalue weighted by Gasteiger charge is 2.09. The van der Waals surface area contributed by atoms with E-state index in [1.807, 2.05) is 39.8 Å². The normalized spacial score (nSPS) is 12.2. The van der Waals surface area contributed by atoms with Crippen molar-refractivity contribution in [1.82, 2.24) is 5.32 Å². The van der Waals surface area contributed by atoms with Crippen molar-refractivity contribution < 1.29 is 4.79 Å². The molecule has 0 fully saturated rings. The van der Waals surface area contributed by atoms with Crippen molar-refractivity contribution >= 4 is 11.6 Å². The Morgan fingerprint density at radius 2 is 2.06 bits per heavy atom. The van der Waals surface area contributed by atoms with Crippen LogP contribution in [0.25, 0.3) is 0 Å². The van der Waals surface area contributed by atoms with Crippen molar-refractivity contribution in [3.8, 4) is 0 Å². The van der Waals surface area contributed by atoms with Crippen LogP contribution in [-0.4, -0.2) is 18.5 Å². The van der Waals surface area contributed by atoms with Gasteiger partial charge in [-0.05, 0) is 38.9 Å². The minimum absolute atomic E-state index is 0.0606. The molecule has 0 saturated carbocycles. The molecule has 1 aromatic carbocycles. The van der Waals surface area contributed by atoms with Crippen molar-refractivity contribution in [3.63, 3.8) is 0 Å². The minimum Gasteiger partial charge on any atom is -0.326 e. The lowest BCUT2D eigenvalue weighted by Crippen LogP contribution is -2.30. The van der Waals surface area contributed by atoms with E-state index in [0.29, 0.717) is 6.42 Å². The first kappa shape index (κ1) is 13.7. The number of amides is 1. The van der Waals surface area contributed by atoms with Crippen LogP contribution < -0.4 is 10.6 Å². The zero-order valence-electron chi connectivity index (χ0n) is 11.1. The summed E-state index contributed by atoms with van der Waals surface area (Å²) in [6.07, 6.45) is 0.501. The maximum absolute atomic E-state index is 11.8. The summed E-state index contributed by atoms with van der Waals surface area (Å²) in [6, 6.07) is 6.26. The molecule has 2 N–H and O–H groups in total. The number of carbonyl (C=O) groups is 1. The Hall–Kier alpha value is -1.35. The standard InChI is InChI=1S/C14H22N2O/c1-5-15-12(4)9-14(17)16-13-7-6-10(2)8-11(13)3/h6-8,12,15H,5,9H2,1-4H3,(H,16,17). The van der Waals surface area contributed by atoms with Crippen LogP contribution in [0.2, 0.25) is 0 Å². The van der Waals surface area contributed by atoms with Crippen LogP contribution >= 0.6 is 0 Å². The van der Waals surface area contributed by atoms with E-state index in [2.05, 4.69) is 16.7 Å². The van der Waals surface area contributed by atoms with Crippen LogP contribution in [0.5, 0.6) is 0 Å². The van der Waals surface area contributed by atoms with E-state index >= 15 is 0 Å². The van der Waals surface area contributed by atoms with E-state index in [9.17, 15) is 4.79 Å². The van der Waals surface area contributed by atoms with Gasteiger partial charge in [0.15, 0.2) is 0 Å². The van der Waals surface area contributed by atoms with Gasteiger partial charge >= 0.3 is 0 Å². The first-order valence-corrected chi connectivity index (χ1v) is 6.13. The lowest BCUT2D eigenvalue weighted by molar-refractivity contribution is -0.116. The van der Waals surface area contributed by atoms with Gasteiger partial charge in [0.05, 0.1) is 0 Å². The van der Waals surface area contributed by atoms with Gasteiger partial charge < -0.3 is 10.6 Å². The number of aryl methyl sites for hydroxylation is 2. The van der Waals surface area contributed by atoms with E-state index in [1.165, 1.54) is 5.56 Å². The lowest BCUT2D eigenvalue weighted by atomic mass is 10.1. The van der Waals surface area contributed by atoms with Gasteiger partial charge in [-0.25, -0.2) is 0 Å². The zero-order valence-corrected chi connectivity index (χ0v) is 11.1. The maximum Gasteiger partial charge on any atom is 0.225 e. The Kier molecular flexibility index (Phi) is 5.16. The smallest absolute Gasteiger partial charge is 0.225 e. The van der Waals surface area contributed by atoms with E-state index in [0.717, 1.165) is 17.8 Å². The maximum atomic E-state index is 11.8. The fourth-order valence-corrected chi connectivity index (χ4v) is 1.85. The highest BCUT2D eigenvalue weighted by Crippen LogP contribution is 2.16. The van der Waals surface area contributed by atoms with E-state index in [4.69, 9.17) is 0 Å². The van der Waals surface area contributed by atoms with Crippen molar-refractivity contribution in [2.45, 2.75) is 40.2 Å². The molecular weight excluding hydrogens is 212 g/mol. The van der Waals surface area contributed by atoms with Crippen LogP contribution in [0.15, 0.2) is 18.2 Å². The van der Waals surface area contributed by atoms with Gasteiger partial charge in [0, 0.05) is 18.2 Å². The molecule has 0 aliphatic rings. The fraction of sp³-hybridized carbons (Fsp3) is 0.500. The predicted molar refractivity (Wildman–Crippen MR) is 72.3 cm³/mol. The molecular formula is C14H22N2O. The highest BCUT2D eigenvalue weighted by molar-refractivity contribution is 5.91. The lowest BCUT2D eigenvalue weighted by Gasteiger charge is -2.13. The third kappa shape index (κ3) is 4.57. The minimum atomic E-state index is 0.0606. The van der Waals surface area contributed by atoms with Gasteiger partial charge in [-0.1, -0.05) is 24.6 Å². The quantitative estimate of drug-likeness (QED) is 0.822. The van der Waals surface area contributed by atoms with Gasteiger partial charge in [0.2, 0.25) is 5.91 Å². The zero-order chi connectivity index (χ0) is 12.8. The second-order valence-corrected chi connectivity index (χ2v) is 4.53. The number of hydrogen-bond acceptors (Lipinski definition) is 2. The van der Waals surface area contributed by atoms with Crippen molar-refractivity contribution in [3.05, 3.63) is 29.3 Å². The molecule has 1 aromatic rings. The molecule has 0 bridgehead atoms. The summed E-state index contributed by atoms with van der Waals surface area (Å²) >= 11 is 0. The Morgan fingerprint density at radius 3 is 2.65 bits per heavy atom. The van der Waals surface area contributed by atoms with Crippen LogP contribution in [0.4, 0.5) is 5.69 Å². The summed E-state index contributed by atoms with van der Waals surface area (Å²) in [5.74, 6) is 0.0606. The summed E-state index contributed by atoms with van der Waals surface area (Å²) in [7, 11) is 0. The molecule has 0 radical (unpaired) electrons. The van der Waals surface area contributed by atoms with Crippen LogP contribution in [0.3, 0.4) is 0 Å². The molecule has 0 aliphatic heterocycles. The number of rotatable bonds is 5. The molecule has 1 atom stereocenters. The van der Waals surface area contributed by atoms with Crippen LogP contribution in [0.1, 0.15) is 31.4 Å². The van der Waals surface area contributed by atoms with E-state index in [-0.39, 0.29) is 11.9 Å². The molecule has 3 nitrogen and oxygen atoms in total. The average molecular weight is 234 g/mol. The Labute approximate surface area is 104 Å². The van der Waals surface area contributed by atoms with E-state index < -0.39 is 0 Å². The topological polar surface area (TPSA) is 41.1 Å². The molecule has 1 rings (SSSR count). The molecule has 94 valence electrons. The number of benzene rings is 1. The van der Waals surface area contributed by atoms with Gasteiger partial charge in [0.25, 0.3) is 0 Å². The van der Waals surface area contributed by atoms with Crippen molar-refractivity contribution in [2.24, 2.45) is 0 Å². The van der Waals surface area contributed by atoms with Gasteiger partial charge in [-0.15, -0.1) is 0 Å². The Bertz CT molecular complexity index is 388. The molecule has 0 heterocycles. The molecule has 0 spiro atoms. The number of nitrogens with one attached hydrogen (secondary N) is 2. The molecule has 1 amide bonds. The monoisotopic (exact) mass is 234 g/mol. The fourth-order valence-electron chi connectivity index (χ4n) is 1.85. The van der Waals surface area contributed by atoms with Crippen molar-refractivity contribution in [1.29, 1.82) is 0 Å². The van der Waals surface area contributed by atoms with Gasteiger partial charge in [0.1, 0.15) is 0 Å². The summed E-state index contributed by atoms with van der Waals surface area (Å²) in [4.78, 5) is 11.8. The summed E-state index contributed by atoms with van der Waals surface area (Å²) in [6.45, 7) is 9.00. The third-order valence-corrected chi connectivity index (χ3v) is 2.70. The predicted octanol–water partition coefficient (Wildman–Crippen LogP) is 2.63. The van der Waals surface area contributed by atoms with Crippen LogP contribution in [0, 0.1) is 13.8 Å². The Balaban J connectivity index is 2.56. The molecule has 3 heteroatoms. The average Bonchev–Trinajstić information content (AvgIpc) is 2.22. The van der Waals surface area contributed by atoms with E-state index in [1.54, 1.807) is 0 Å². The third-order valence-electron chi connectivity index (χ3n) is 2.70. The summed E-state index contributed by atoms with van der Waals surface area (Å²) < 4.78 is 0. The molecule has 0 saturated heterocycles. The first-order valence-electron chi connectivity index (χ1n) is 6.13. The first-order chi connectivity index (χ1) is 8.02. The van der Waals surface area contributed by atoms with Crippen LogP contribution in [-0.2, 0) is 4.79 Å². The van der Waals surface area contributed by atoms with Gasteiger partial charge in [-0.3, -0.25) is 4.79 Å². The second kappa shape index (κ2) is 6.40. The summed E-state index contributed by atoms with van der Waals surface area (Å²) in [5, 5.41) is 6.17. The van der Waals surface area contributed by atoms with Crippen molar-refractivity contribution in [2.75, 3.05) is 11.9 Å². The highest BCUT2D eigenvalue weighted by atomic mass is 16.1. The Morgan fingerprint density at radius 1 is 1.35 bits per heavy atom. The van der Waals surface area contributed by atoms with Gasteiger partial charge in [-0.2, -0.15) is 0 Å². The number of carbonyl (C=O) groups excluding carboxylic acids is 1. The number of hydrogen-bond donors (Lipinski definition) is 2. The molecule has 0 aromatic heterocycles. The molecule has 0 aliphatic carbocycles. The summed E-state index contributed by atoms with van der Waals surface area (Å²) in [5.41, 5.74) is 3.22. The largest absolute Gasteiger partial charge is 0.326 e. The molecule has 17 heavy (non-hydrogen) atoms. The number of anilines is 1. The molecule has 1 unspecified atom stereocenters.